The number of primary amides is 1. The lowest BCUT2D eigenvalue weighted by atomic mass is 10.2. The van der Waals surface area contributed by atoms with Crippen molar-refractivity contribution in [3.8, 4) is 0 Å². The minimum Gasteiger partial charge on any atom is -0.444 e. The van der Waals surface area contributed by atoms with Gasteiger partial charge in [0.05, 0.1) is 0 Å². The van der Waals surface area contributed by atoms with Crippen molar-refractivity contribution < 1.29 is 14.3 Å². The second-order valence-corrected chi connectivity index (χ2v) is 4.17. The largest absolute Gasteiger partial charge is 0.444 e. The monoisotopic (exact) mass is 202 g/mol. The predicted octanol–water partition coefficient (Wildman–Crippen LogP) is 0.727. The molecule has 1 unspecified atom stereocenters. The maximum Gasteiger partial charge on any atom is 0.410 e. The molecule has 0 rings (SSSR count). The fraction of sp³-hybridized carbons (Fsp3) is 0.778. The molecule has 0 spiro atoms. The van der Waals surface area contributed by atoms with Crippen LogP contribution in [0.2, 0.25) is 0 Å². The van der Waals surface area contributed by atoms with Gasteiger partial charge in [0, 0.05) is 7.05 Å². The van der Waals surface area contributed by atoms with Crippen LogP contribution in [0, 0.1) is 0 Å². The molecule has 0 aromatic heterocycles. The number of ether oxygens (including phenoxy) is 1. The lowest BCUT2D eigenvalue weighted by molar-refractivity contribution is -0.122. The van der Waals surface area contributed by atoms with E-state index in [0.717, 1.165) is 0 Å². The van der Waals surface area contributed by atoms with Crippen LogP contribution in [-0.2, 0) is 9.53 Å². The molecule has 2 N–H and O–H groups in total. The average molecular weight is 202 g/mol. The Kier molecular flexibility index (Phi) is 3.92. The molecule has 0 heterocycles. The summed E-state index contributed by atoms with van der Waals surface area (Å²) in [7, 11) is 1.48. The Morgan fingerprint density at radius 1 is 1.36 bits per heavy atom. The van der Waals surface area contributed by atoms with Crippen LogP contribution in [0.15, 0.2) is 0 Å². The van der Waals surface area contributed by atoms with Gasteiger partial charge in [-0.05, 0) is 27.7 Å². The average Bonchev–Trinajstić information content (AvgIpc) is 1.98. The summed E-state index contributed by atoms with van der Waals surface area (Å²) in [6.07, 6.45) is -0.552. The summed E-state index contributed by atoms with van der Waals surface area (Å²) >= 11 is 0. The van der Waals surface area contributed by atoms with E-state index in [1.165, 1.54) is 11.9 Å². The van der Waals surface area contributed by atoms with E-state index in [0.29, 0.717) is 0 Å². The van der Waals surface area contributed by atoms with E-state index >= 15 is 0 Å². The highest BCUT2D eigenvalue weighted by Crippen LogP contribution is 2.10. The van der Waals surface area contributed by atoms with E-state index < -0.39 is 23.6 Å². The zero-order valence-electron chi connectivity index (χ0n) is 9.33. The normalized spacial score (nSPS) is 13.2. The van der Waals surface area contributed by atoms with Gasteiger partial charge in [-0.1, -0.05) is 0 Å². The molecular formula is C9H18N2O3. The van der Waals surface area contributed by atoms with Gasteiger partial charge in [-0.25, -0.2) is 4.79 Å². The third-order valence-corrected chi connectivity index (χ3v) is 1.67. The number of nitrogens with zero attached hydrogens (tertiary/aromatic N) is 1. The molecule has 1 atom stereocenters. The maximum atomic E-state index is 11.4. The molecule has 0 radical (unpaired) electrons. The van der Waals surface area contributed by atoms with Crippen molar-refractivity contribution in [2.75, 3.05) is 7.05 Å². The lowest BCUT2D eigenvalue weighted by Gasteiger charge is -2.27. The van der Waals surface area contributed by atoms with Crippen LogP contribution in [0.25, 0.3) is 0 Å². The van der Waals surface area contributed by atoms with Gasteiger partial charge in [0.15, 0.2) is 0 Å². The molecule has 0 bridgehead atoms. The van der Waals surface area contributed by atoms with Crippen molar-refractivity contribution in [1.82, 2.24) is 4.90 Å². The second kappa shape index (κ2) is 4.30. The molecule has 5 nitrogen and oxygen atoms in total. The van der Waals surface area contributed by atoms with Crippen LogP contribution in [0.1, 0.15) is 27.7 Å². The first-order valence-electron chi connectivity index (χ1n) is 4.40. The van der Waals surface area contributed by atoms with Crippen LogP contribution in [0.3, 0.4) is 0 Å². The molecule has 0 saturated heterocycles. The summed E-state index contributed by atoms with van der Waals surface area (Å²) in [6.45, 7) is 6.82. The van der Waals surface area contributed by atoms with E-state index in [4.69, 9.17) is 10.5 Å². The molecule has 2 amide bonds. The van der Waals surface area contributed by atoms with E-state index in [1.54, 1.807) is 27.7 Å². The van der Waals surface area contributed by atoms with Gasteiger partial charge in [-0.2, -0.15) is 0 Å². The smallest absolute Gasteiger partial charge is 0.410 e. The van der Waals surface area contributed by atoms with Crippen LogP contribution in [-0.4, -0.2) is 35.6 Å². The quantitative estimate of drug-likeness (QED) is 0.717. The number of rotatable bonds is 2. The number of hydrogen-bond acceptors (Lipinski definition) is 3. The molecule has 82 valence electrons. The first-order valence-corrected chi connectivity index (χ1v) is 4.40. The summed E-state index contributed by atoms with van der Waals surface area (Å²) in [5.74, 6) is -0.557. The van der Waals surface area contributed by atoms with Gasteiger partial charge in [-0.15, -0.1) is 0 Å². The molecule has 0 aliphatic carbocycles. The fourth-order valence-electron chi connectivity index (χ4n) is 0.683. The molecular weight excluding hydrogens is 184 g/mol. The van der Waals surface area contributed by atoms with E-state index in [2.05, 4.69) is 0 Å². The molecule has 0 fully saturated rings. The van der Waals surface area contributed by atoms with Crippen molar-refractivity contribution >= 4 is 12.0 Å². The third-order valence-electron chi connectivity index (χ3n) is 1.67. The molecule has 0 saturated carbocycles. The van der Waals surface area contributed by atoms with Crippen molar-refractivity contribution in [1.29, 1.82) is 0 Å². The third kappa shape index (κ3) is 4.11. The Hall–Kier alpha value is -1.26. The number of amides is 2. The van der Waals surface area contributed by atoms with Crippen molar-refractivity contribution in [3.63, 3.8) is 0 Å². The molecule has 14 heavy (non-hydrogen) atoms. The molecule has 0 aliphatic rings. The van der Waals surface area contributed by atoms with Crippen LogP contribution < -0.4 is 5.73 Å². The van der Waals surface area contributed by atoms with Gasteiger partial charge in [0.2, 0.25) is 5.91 Å². The van der Waals surface area contributed by atoms with Gasteiger partial charge < -0.3 is 10.5 Å². The van der Waals surface area contributed by atoms with Gasteiger partial charge in [0.1, 0.15) is 11.6 Å². The highest BCUT2D eigenvalue weighted by atomic mass is 16.6. The second-order valence-electron chi connectivity index (χ2n) is 4.17. The minimum absolute atomic E-state index is 0.552. The summed E-state index contributed by atoms with van der Waals surface area (Å²) in [5.41, 5.74) is 4.48. The maximum absolute atomic E-state index is 11.4. The van der Waals surface area contributed by atoms with Crippen molar-refractivity contribution in [3.05, 3.63) is 0 Å². The zero-order valence-corrected chi connectivity index (χ0v) is 9.33. The fourth-order valence-corrected chi connectivity index (χ4v) is 0.683. The van der Waals surface area contributed by atoms with Crippen LogP contribution >= 0.6 is 0 Å². The topological polar surface area (TPSA) is 72.6 Å². The minimum atomic E-state index is -0.662. The molecule has 0 aromatic rings. The first-order chi connectivity index (χ1) is 6.15. The number of nitrogens with two attached hydrogens (primary N) is 1. The Labute approximate surface area is 84.2 Å². The summed E-state index contributed by atoms with van der Waals surface area (Å²) in [5, 5.41) is 0. The van der Waals surface area contributed by atoms with E-state index in [1.807, 2.05) is 0 Å². The molecule has 0 aliphatic heterocycles. The lowest BCUT2D eigenvalue weighted by Crippen LogP contribution is -2.45. The highest BCUT2D eigenvalue weighted by molar-refractivity contribution is 5.83. The molecule has 5 heteroatoms. The Morgan fingerprint density at radius 3 is 2.07 bits per heavy atom. The summed E-state index contributed by atoms with van der Waals surface area (Å²) < 4.78 is 5.05. The van der Waals surface area contributed by atoms with Crippen LogP contribution in [0.4, 0.5) is 4.79 Å². The molecule has 0 aromatic carbocycles. The number of carbonyl (C=O) groups is 2. The van der Waals surface area contributed by atoms with Crippen LogP contribution in [0.5, 0.6) is 0 Å². The first kappa shape index (κ1) is 12.7. The van der Waals surface area contributed by atoms with Gasteiger partial charge in [-0.3, -0.25) is 9.69 Å². The summed E-state index contributed by atoms with van der Waals surface area (Å²) in [4.78, 5) is 23.4. The zero-order chi connectivity index (χ0) is 11.5. The van der Waals surface area contributed by atoms with Crippen molar-refractivity contribution in [2.24, 2.45) is 5.73 Å². The van der Waals surface area contributed by atoms with E-state index in [-0.39, 0.29) is 0 Å². The van der Waals surface area contributed by atoms with Gasteiger partial charge in [0.25, 0.3) is 0 Å². The number of likely N-dealkylation sites (N-methyl/N-ethyl adjacent to an activating group) is 1. The Morgan fingerprint density at radius 2 is 1.79 bits per heavy atom. The SMILES string of the molecule is CC(C(N)=O)N(C)C(=O)OC(C)(C)C. The van der Waals surface area contributed by atoms with E-state index in [9.17, 15) is 9.59 Å². The standard InChI is InChI=1S/C9H18N2O3/c1-6(7(10)12)11(5)8(13)14-9(2,3)4/h6H,1-5H3,(H2,10,12). The van der Waals surface area contributed by atoms with Crippen molar-refractivity contribution in [2.45, 2.75) is 39.3 Å². The number of carbonyl (C=O) groups excluding carboxylic acids is 2. The van der Waals surface area contributed by atoms with Gasteiger partial charge >= 0.3 is 6.09 Å². The Balaban J connectivity index is 4.33. The Bertz CT molecular complexity index is 233. The predicted molar refractivity (Wildman–Crippen MR) is 52.7 cm³/mol. The summed E-state index contributed by atoms with van der Waals surface area (Å²) in [6, 6.07) is -0.662. The number of hydrogen-bond donors (Lipinski definition) is 1. The highest BCUT2D eigenvalue weighted by Gasteiger charge is 2.25.